The number of benzene rings is 1. The highest BCUT2D eigenvalue weighted by molar-refractivity contribution is 9.10. The van der Waals surface area contributed by atoms with Crippen LogP contribution in [0.3, 0.4) is 0 Å². The van der Waals surface area contributed by atoms with Crippen molar-refractivity contribution in [2.75, 3.05) is 6.61 Å². The van der Waals surface area contributed by atoms with Gasteiger partial charge in [0.2, 0.25) is 0 Å². The van der Waals surface area contributed by atoms with Crippen LogP contribution in [0.2, 0.25) is 0 Å². The van der Waals surface area contributed by atoms with E-state index < -0.39 is 40.6 Å². The monoisotopic (exact) mass is 401 g/mol. The highest BCUT2D eigenvalue weighted by Gasteiger charge is 2.43. The molecule has 1 aromatic rings. The summed E-state index contributed by atoms with van der Waals surface area (Å²) in [5.74, 6) is -2.42. The molecular formula is C14H19BrF3NO2S. The van der Waals surface area contributed by atoms with E-state index in [1.165, 1.54) is 12.1 Å². The number of halogens is 4. The highest BCUT2D eigenvalue weighted by atomic mass is 79.9. The lowest BCUT2D eigenvalue weighted by atomic mass is 9.93. The lowest BCUT2D eigenvalue weighted by molar-refractivity contribution is -0.0451. The molecule has 126 valence electrons. The second-order valence-electron chi connectivity index (χ2n) is 4.97. The van der Waals surface area contributed by atoms with Crippen LogP contribution >= 0.6 is 15.9 Å². The Morgan fingerprint density at radius 2 is 2.09 bits per heavy atom. The summed E-state index contributed by atoms with van der Waals surface area (Å²) in [6.45, 7) is 2.78. The Labute approximate surface area is 139 Å². The zero-order chi connectivity index (χ0) is 16.9. The predicted molar refractivity (Wildman–Crippen MR) is 84.5 cm³/mol. The van der Waals surface area contributed by atoms with Gasteiger partial charge in [-0.3, -0.25) is 0 Å². The first kappa shape index (κ1) is 19.6. The Balaban J connectivity index is 3.12. The van der Waals surface area contributed by atoms with Gasteiger partial charge in [-0.25, -0.2) is 8.60 Å². The fourth-order valence-corrected chi connectivity index (χ4v) is 3.19. The van der Waals surface area contributed by atoms with Gasteiger partial charge in [0.15, 0.2) is 0 Å². The molecule has 2 N–H and O–H groups in total. The van der Waals surface area contributed by atoms with Gasteiger partial charge in [-0.2, -0.15) is 13.5 Å². The number of rotatable bonds is 8. The van der Waals surface area contributed by atoms with Crippen LogP contribution in [-0.2, 0) is 11.0 Å². The molecule has 0 saturated carbocycles. The molecule has 0 heterocycles. The van der Waals surface area contributed by atoms with E-state index in [4.69, 9.17) is 5.11 Å². The van der Waals surface area contributed by atoms with E-state index in [9.17, 15) is 17.4 Å². The van der Waals surface area contributed by atoms with Crippen molar-refractivity contribution in [3.8, 4) is 0 Å². The molecule has 0 aliphatic carbocycles. The fraction of sp³-hybridized carbons (Fsp3) is 0.571. The average Bonchev–Trinajstić information content (AvgIpc) is 2.46. The second-order valence-corrected chi connectivity index (χ2v) is 7.49. The number of aliphatic hydroxyl groups is 1. The molecule has 3 nitrogen and oxygen atoms in total. The zero-order valence-corrected chi connectivity index (χ0v) is 14.7. The van der Waals surface area contributed by atoms with E-state index in [-0.39, 0.29) is 12.0 Å². The molecular weight excluding hydrogens is 383 g/mol. The van der Waals surface area contributed by atoms with E-state index in [1.807, 2.05) is 0 Å². The minimum absolute atomic E-state index is 0.234. The molecule has 0 aliphatic rings. The Morgan fingerprint density at radius 1 is 1.45 bits per heavy atom. The van der Waals surface area contributed by atoms with Crippen molar-refractivity contribution in [2.45, 2.75) is 43.9 Å². The Morgan fingerprint density at radius 3 is 2.64 bits per heavy atom. The zero-order valence-electron chi connectivity index (χ0n) is 12.3. The van der Waals surface area contributed by atoms with Crippen molar-refractivity contribution in [1.82, 2.24) is 4.72 Å². The normalized spacial score (nSPS) is 16.3. The molecule has 2 unspecified atom stereocenters. The number of alkyl halides is 2. The molecule has 1 aromatic carbocycles. The minimum Gasteiger partial charge on any atom is -0.396 e. The van der Waals surface area contributed by atoms with Crippen LogP contribution in [0.15, 0.2) is 22.7 Å². The van der Waals surface area contributed by atoms with Crippen molar-refractivity contribution < 1.29 is 22.5 Å². The predicted octanol–water partition coefficient (Wildman–Crippen LogP) is 3.70. The third-order valence-electron chi connectivity index (χ3n) is 3.37. The first-order valence-electron chi connectivity index (χ1n) is 6.84. The summed E-state index contributed by atoms with van der Waals surface area (Å²) in [5.41, 5.74) is -0.234. The highest BCUT2D eigenvalue weighted by Crippen LogP contribution is 2.37. The summed E-state index contributed by atoms with van der Waals surface area (Å²) in [6, 6.07) is 0.110. The van der Waals surface area contributed by atoms with Crippen LogP contribution in [-0.4, -0.2) is 27.2 Å². The number of hydrogen-bond acceptors (Lipinski definition) is 2. The minimum atomic E-state index is -3.61. The van der Waals surface area contributed by atoms with Gasteiger partial charge in [-0.05, 0) is 43.5 Å². The molecule has 3 atom stereocenters. The molecule has 0 amide bonds. The standard InChI is InChI=1S/C14H19BrF3NO2S/c1-3-9(2)22(21)19-14(17,18)12(6-7-20)11-8-10(15)4-5-13(11)16/h4-5,8-9,12,19-20H,3,6-7H2,1-2H3/t9?,12-,22?/m0/s1. The van der Waals surface area contributed by atoms with Crippen molar-refractivity contribution in [1.29, 1.82) is 0 Å². The van der Waals surface area contributed by atoms with E-state index in [1.54, 1.807) is 18.6 Å². The van der Waals surface area contributed by atoms with Crippen molar-refractivity contribution in [3.63, 3.8) is 0 Å². The van der Waals surface area contributed by atoms with Crippen molar-refractivity contribution in [2.24, 2.45) is 0 Å². The van der Waals surface area contributed by atoms with Gasteiger partial charge < -0.3 is 5.11 Å². The molecule has 0 bridgehead atoms. The van der Waals surface area contributed by atoms with Crippen LogP contribution in [0.4, 0.5) is 13.2 Å². The molecule has 22 heavy (non-hydrogen) atoms. The fourth-order valence-electron chi connectivity index (χ4n) is 1.90. The van der Waals surface area contributed by atoms with Crippen LogP contribution in [0.5, 0.6) is 0 Å². The van der Waals surface area contributed by atoms with Gasteiger partial charge in [0.25, 0.3) is 0 Å². The maximum absolute atomic E-state index is 14.4. The van der Waals surface area contributed by atoms with E-state index in [0.29, 0.717) is 10.9 Å². The van der Waals surface area contributed by atoms with Crippen LogP contribution < -0.4 is 4.72 Å². The van der Waals surface area contributed by atoms with Crippen molar-refractivity contribution in [3.05, 3.63) is 34.1 Å². The molecule has 0 radical (unpaired) electrons. The SMILES string of the molecule is CCC(C)S(=O)NC(F)(F)[C@@H](CCO)c1cc(Br)ccc1F. The summed E-state index contributed by atoms with van der Waals surface area (Å²) in [5, 5.41) is 8.58. The third kappa shape index (κ3) is 5.04. The maximum Gasteiger partial charge on any atom is 0.319 e. The average molecular weight is 402 g/mol. The van der Waals surface area contributed by atoms with Gasteiger partial charge in [-0.1, -0.05) is 22.9 Å². The largest absolute Gasteiger partial charge is 0.396 e. The molecule has 0 spiro atoms. The number of hydrogen-bond donors (Lipinski definition) is 2. The lowest BCUT2D eigenvalue weighted by Crippen LogP contribution is -2.46. The van der Waals surface area contributed by atoms with Gasteiger partial charge in [0.1, 0.15) is 5.82 Å². The molecule has 0 saturated heterocycles. The van der Waals surface area contributed by atoms with Crippen LogP contribution in [0, 0.1) is 5.82 Å². The Hall–Kier alpha value is -0.440. The van der Waals surface area contributed by atoms with Gasteiger partial charge in [0, 0.05) is 16.3 Å². The molecule has 0 aliphatic heterocycles. The summed E-state index contributed by atoms with van der Waals surface area (Å²) in [4.78, 5) is 0. The third-order valence-corrected chi connectivity index (χ3v) is 5.40. The topological polar surface area (TPSA) is 49.3 Å². The first-order valence-corrected chi connectivity index (χ1v) is 8.85. The second kappa shape index (κ2) is 8.42. The van der Waals surface area contributed by atoms with Crippen molar-refractivity contribution >= 4 is 26.9 Å². The van der Waals surface area contributed by atoms with Gasteiger partial charge in [0.05, 0.1) is 16.9 Å². The number of nitrogens with one attached hydrogen (secondary N) is 1. The number of aliphatic hydroxyl groups excluding tert-OH is 1. The van der Waals surface area contributed by atoms with Gasteiger partial charge >= 0.3 is 6.05 Å². The Kier molecular flexibility index (Phi) is 7.51. The van der Waals surface area contributed by atoms with E-state index in [0.717, 1.165) is 6.07 Å². The maximum atomic E-state index is 14.4. The lowest BCUT2D eigenvalue weighted by Gasteiger charge is -2.28. The molecule has 8 heteroatoms. The first-order chi connectivity index (χ1) is 10.2. The smallest absolute Gasteiger partial charge is 0.319 e. The summed E-state index contributed by atoms with van der Waals surface area (Å²) in [6.07, 6.45) is 0.108. The van der Waals surface area contributed by atoms with Crippen LogP contribution in [0.25, 0.3) is 0 Å². The van der Waals surface area contributed by atoms with E-state index in [2.05, 4.69) is 15.9 Å². The summed E-state index contributed by atoms with van der Waals surface area (Å²) >= 11 is 3.11. The summed E-state index contributed by atoms with van der Waals surface area (Å²) in [7, 11) is -1.96. The van der Waals surface area contributed by atoms with Gasteiger partial charge in [-0.15, -0.1) is 0 Å². The molecule has 0 aromatic heterocycles. The van der Waals surface area contributed by atoms with Crippen LogP contribution in [0.1, 0.15) is 38.2 Å². The molecule has 0 fully saturated rings. The summed E-state index contributed by atoms with van der Waals surface area (Å²) < 4.78 is 56.8. The molecule has 1 rings (SSSR count). The van der Waals surface area contributed by atoms with E-state index >= 15 is 0 Å². The Bertz CT molecular complexity index is 531. The quantitative estimate of drug-likeness (QED) is 0.652.